The van der Waals surface area contributed by atoms with Gasteiger partial charge in [0.1, 0.15) is 31.3 Å². The highest BCUT2D eigenvalue weighted by atomic mass is 31.2. The van der Waals surface area contributed by atoms with Crippen molar-refractivity contribution in [2.45, 2.75) is 200 Å². The lowest BCUT2D eigenvalue weighted by atomic mass is 9.89. The molecule has 1 saturated carbocycles. The molecule has 0 aliphatic heterocycles. The monoisotopic (exact) mass is 927 g/mol. The van der Waals surface area contributed by atoms with Crippen LogP contribution in [-0.2, 0) is 45.5 Å². The molecule has 7 atom stereocenters. The van der Waals surface area contributed by atoms with Crippen molar-refractivity contribution >= 4 is 19.8 Å². The Kier molecular flexibility index (Phi) is 29.2. The van der Waals surface area contributed by atoms with E-state index in [1.807, 2.05) is 21.1 Å². The molecule has 13 nitrogen and oxygen atoms in total. The summed E-state index contributed by atoms with van der Waals surface area (Å²) in [6, 6.07) is 0. The Bertz CT molecular complexity index is 1540. The minimum Gasteiger partial charge on any atom is -0.466 e. The fourth-order valence-corrected chi connectivity index (χ4v) is 8.79. The Balaban J connectivity index is 1.74. The summed E-state index contributed by atoms with van der Waals surface area (Å²) in [5.74, 6) is 0.606. The third kappa shape index (κ3) is 25.5. The van der Waals surface area contributed by atoms with Gasteiger partial charge in [-0.3, -0.25) is 18.6 Å². The molecule has 64 heavy (non-hydrogen) atoms. The maximum Gasteiger partial charge on any atom is 0.472 e. The molecule has 0 radical (unpaired) electrons. The molecule has 4 N–H and O–H groups in total. The summed E-state index contributed by atoms with van der Waals surface area (Å²) in [7, 11) is 1.27. The van der Waals surface area contributed by atoms with E-state index in [-0.39, 0.29) is 44.3 Å². The first kappa shape index (κ1) is 57.8. The number of esters is 2. The highest BCUT2D eigenvalue weighted by Gasteiger charge is 2.39. The lowest BCUT2D eigenvalue weighted by Gasteiger charge is -2.24. The minimum atomic E-state index is -4.48. The van der Waals surface area contributed by atoms with Crippen molar-refractivity contribution in [2.24, 2.45) is 11.8 Å². The summed E-state index contributed by atoms with van der Waals surface area (Å²) in [4.78, 5) is 35.8. The molecule has 2 rings (SSSR count). The molecule has 1 aliphatic carbocycles. The van der Waals surface area contributed by atoms with Crippen LogP contribution in [0.4, 0.5) is 0 Å². The molecule has 14 heteroatoms. The number of allylic oxidation sites excluding steroid dienone is 1. The predicted molar refractivity (Wildman–Crippen MR) is 253 cm³/mol. The Morgan fingerprint density at radius 2 is 1.36 bits per heavy atom. The number of aliphatic hydroxyl groups is 3. The van der Waals surface area contributed by atoms with Gasteiger partial charge in [0, 0.05) is 31.6 Å². The average Bonchev–Trinajstić information content (AvgIpc) is 3.66. The van der Waals surface area contributed by atoms with E-state index in [1.54, 1.807) is 24.3 Å². The van der Waals surface area contributed by atoms with Gasteiger partial charge >= 0.3 is 19.8 Å². The average molecular weight is 927 g/mol. The van der Waals surface area contributed by atoms with Crippen LogP contribution in [0.5, 0.6) is 0 Å². The molecule has 1 unspecified atom stereocenters. The van der Waals surface area contributed by atoms with E-state index in [1.165, 1.54) is 74.0 Å². The first-order valence-corrected chi connectivity index (χ1v) is 26.2. The SMILES string of the molecule is CCCCCc1oc(CCCCCCCCCCCCC(=O)OC[C@H](COP(=O)(O)OCC[N+](C)(C)C)OC(=O)C/C=C\C[C@H]2[C@@H](/C=C/[C@H](O)CCCCC)[C@H](O)C[C@@H]2O)c(C)c1C. The number of aliphatic hydroxyl groups excluding tert-OH is 3. The Labute approximate surface area is 386 Å². The lowest BCUT2D eigenvalue weighted by Crippen LogP contribution is -2.37. The lowest BCUT2D eigenvalue weighted by molar-refractivity contribution is -0.870. The van der Waals surface area contributed by atoms with Crippen molar-refractivity contribution < 1.29 is 61.8 Å². The number of hydrogen-bond acceptors (Lipinski definition) is 11. The second-order valence-electron chi connectivity index (χ2n) is 19.1. The third-order valence-corrected chi connectivity index (χ3v) is 13.3. The third-order valence-electron chi connectivity index (χ3n) is 12.3. The molecule has 1 aliphatic rings. The highest BCUT2D eigenvalue weighted by Crippen LogP contribution is 2.43. The summed E-state index contributed by atoms with van der Waals surface area (Å²) in [5, 5.41) is 31.5. The number of likely N-dealkylation sites (N-methyl/N-ethyl adjacent to an activating group) is 1. The fraction of sp³-hybridized carbons (Fsp3) is 0.800. The zero-order valence-corrected chi connectivity index (χ0v) is 41.7. The van der Waals surface area contributed by atoms with Crippen molar-refractivity contribution in [1.29, 1.82) is 0 Å². The standard InChI is InChI=1S/C50H88NO12P/c1-8-10-20-26-41(52)32-33-44-43(45(53)36-46(44)54)27-24-25-31-50(56)62-42(38-61-64(57,58)60-35-34-51(5,6)7)37-59-49(55)30-23-19-17-15-13-12-14-16-18-22-29-48-40(4)39(3)47(63-48)28-21-11-9-2/h24-25,32-33,41-46,52-54H,8-23,26-31,34-38H2,1-7H3/p+1/b25-24-,33-32+/t41-,42-,43+,44-,45+,46-/m1/s1. The van der Waals surface area contributed by atoms with Crippen molar-refractivity contribution in [2.75, 3.05) is 47.5 Å². The maximum absolute atomic E-state index is 12.9. The van der Waals surface area contributed by atoms with Crippen molar-refractivity contribution in [3.8, 4) is 0 Å². The largest absolute Gasteiger partial charge is 0.472 e. The number of quaternary nitrogens is 1. The Morgan fingerprint density at radius 1 is 0.781 bits per heavy atom. The van der Waals surface area contributed by atoms with Crippen LogP contribution in [0, 0.1) is 25.7 Å². The minimum absolute atomic E-state index is 0.0307. The molecule has 0 saturated heterocycles. The van der Waals surface area contributed by atoms with Gasteiger partial charge in [0.25, 0.3) is 0 Å². The van der Waals surface area contributed by atoms with Gasteiger partial charge in [-0.2, -0.15) is 0 Å². The molecule has 1 fully saturated rings. The number of rotatable bonds is 37. The normalized spacial score (nSPS) is 20.0. The number of aryl methyl sites for hydroxylation is 2. The van der Waals surface area contributed by atoms with Crippen LogP contribution >= 0.6 is 7.82 Å². The number of nitrogens with zero attached hydrogens (tertiary/aromatic N) is 1. The predicted octanol–water partition coefficient (Wildman–Crippen LogP) is 9.95. The van der Waals surface area contributed by atoms with Crippen molar-refractivity contribution in [3.63, 3.8) is 0 Å². The molecule has 370 valence electrons. The van der Waals surface area contributed by atoms with Gasteiger partial charge in [-0.25, -0.2) is 4.57 Å². The van der Waals surface area contributed by atoms with Crippen LogP contribution in [0.1, 0.15) is 171 Å². The number of furan rings is 1. The second kappa shape index (κ2) is 32.4. The number of phosphoric acid groups is 1. The van der Waals surface area contributed by atoms with Gasteiger partial charge in [-0.1, -0.05) is 122 Å². The van der Waals surface area contributed by atoms with E-state index in [4.69, 9.17) is 22.9 Å². The molecular weight excluding hydrogens is 838 g/mol. The molecule has 0 bridgehead atoms. The topological polar surface area (TPSA) is 182 Å². The quantitative estimate of drug-likeness (QED) is 0.0163. The number of carbonyl (C=O) groups is 2. The van der Waals surface area contributed by atoms with Crippen LogP contribution in [0.15, 0.2) is 28.7 Å². The number of unbranched alkanes of at least 4 members (excludes halogenated alkanes) is 13. The van der Waals surface area contributed by atoms with Crippen LogP contribution in [0.3, 0.4) is 0 Å². The Hall–Kier alpha value is -2.35. The smallest absolute Gasteiger partial charge is 0.466 e. The molecule has 1 heterocycles. The van der Waals surface area contributed by atoms with Gasteiger partial charge in [-0.15, -0.1) is 0 Å². The van der Waals surface area contributed by atoms with Gasteiger partial charge in [0.15, 0.2) is 6.10 Å². The van der Waals surface area contributed by atoms with Gasteiger partial charge in [0.2, 0.25) is 0 Å². The van der Waals surface area contributed by atoms with Crippen LogP contribution in [0.25, 0.3) is 0 Å². The van der Waals surface area contributed by atoms with Crippen molar-refractivity contribution in [1.82, 2.24) is 0 Å². The molecule has 0 amide bonds. The molecule has 0 aromatic carbocycles. The zero-order chi connectivity index (χ0) is 47.4. The van der Waals surface area contributed by atoms with Crippen LogP contribution in [0.2, 0.25) is 0 Å². The number of ether oxygens (including phenoxy) is 2. The number of carbonyl (C=O) groups excluding carboxylic acids is 2. The fourth-order valence-electron chi connectivity index (χ4n) is 8.05. The van der Waals surface area contributed by atoms with Gasteiger partial charge in [0.05, 0.1) is 52.5 Å². The zero-order valence-electron chi connectivity index (χ0n) is 40.8. The van der Waals surface area contributed by atoms with E-state index >= 15 is 0 Å². The number of hydrogen-bond donors (Lipinski definition) is 4. The summed E-state index contributed by atoms with van der Waals surface area (Å²) in [6.45, 7) is 8.27. The summed E-state index contributed by atoms with van der Waals surface area (Å²) in [6.07, 6.45) is 24.6. The Morgan fingerprint density at radius 3 is 1.97 bits per heavy atom. The highest BCUT2D eigenvalue weighted by molar-refractivity contribution is 7.47. The van der Waals surface area contributed by atoms with E-state index in [0.717, 1.165) is 57.8 Å². The summed E-state index contributed by atoms with van der Waals surface area (Å²) < 4.78 is 40.6. The molecule has 0 spiro atoms. The van der Waals surface area contributed by atoms with Gasteiger partial charge < -0.3 is 38.6 Å². The van der Waals surface area contributed by atoms with E-state index < -0.39 is 50.8 Å². The summed E-state index contributed by atoms with van der Waals surface area (Å²) >= 11 is 0. The van der Waals surface area contributed by atoms with Gasteiger partial charge in [-0.05, 0) is 63.0 Å². The second-order valence-corrected chi connectivity index (χ2v) is 20.5. The number of phosphoric ester groups is 1. The van der Waals surface area contributed by atoms with E-state index in [0.29, 0.717) is 30.3 Å². The molecule has 1 aromatic rings. The van der Waals surface area contributed by atoms with Crippen LogP contribution < -0.4 is 0 Å². The molecule has 1 aromatic heterocycles. The van der Waals surface area contributed by atoms with E-state index in [9.17, 15) is 34.4 Å². The maximum atomic E-state index is 12.9. The van der Waals surface area contributed by atoms with Crippen LogP contribution in [-0.4, -0.2) is 109 Å². The summed E-state index contributed by atoms with van der Waals surface area (Å²) in [5.41, 5.74) is 2.67. The first-order valence-electron chi connectivity index (χ1n) is 24.7. The first-order chi connectivity index (χ1) is 30.5. The van der Waals surface area contributed by atoms with Crippen molar-refractivity contribution in [3.05, 3.63) is 47.0 Å². The molecular formula is C50H89NO12P+. The van der Waals surface area contributed by atoms with E-state index in [2.05, 4.69) is 27.7 Å².